The molecule has 0 spiro atoms. The predicted molar refractivity (Wildman–Crippen MR) is 56.5 cm³/mol. The molecule has 1 aliphatic heterocycles. The Kier molecular flexibility index (Phi) is 1.92. The molecule has 1 aliphatic rings. The molecule has 1 saturated heterocycles. The average molecular weight is 203 g/mol. The molecule has 2 aromatic rings. The Bertz CT molecular complexity index is 484. The second kappa shape index (κ2) is 3.27. The van der Waals surface area contributed by atoms with Gasteiger partial charge in [-0.15, -0.1) is 0 Å². The first-order valence-corrected chi connectivity index (χ1v) is 5.19. The van der Waals surface area contributed by atoms with E-state index in [9.17, 15) is 0 Å². The lowest BCUT2D eigenvalue weighted by Crippen LogP contribution is -2.09. The number of imidazole rings is 1. The van der Waals surface area contributed by atoms with Gasteiger partial charge in [0.1, 0.15) is 11.8 Å². The lowest BCUT2D eigenvalue weighted by Gasteiger charge is -2.07. The van der Waals surface area contributed by atoms with Crippen molar-refractivity contribution in [1.29, 1.82) is 0 Å². The predicted octanol–water partition coefficient (Wildman–Crippen LogP) is 0.440. The number of nitrogens with one attached hydrogen (secondary N) is 1. The van der Waals surface area contributed by atoms with E-state index in [1.807, 2.05) is 11.6 Å². The number of aromatic nitrogens is 4. The van der Waals surface area contributed by atoms with Crippen molar-refractivity contribution in [3.63, 3.8) is 0 Å². The van der Waals surface area contributed by atoms with E-state index in [0.29, 0.717) is 5.92 Å². The van der Waals surface area contributed by atoms with Gasteiger partial charge < -0.3 is 9.88 Å². The van der Waals surface area contributed by atoms with Crippen molar-refractivity contribution >= 4 is 11.2 Å². The largest absolute Gasteiger partial charge is 0.318 e. The standard InChI is InChI=1S/C10H13N5/c1-15-6-14-9-8(7-2-3-11-4-7)12-5-13-10(9)15/h5-7,11H,2-4H2,1H3. The molecule has 15 heavy (non-hydrogen) atoms. The first-order valence-electron chi connectivity index (χ1n) is 5.19. The molecule has 0 aliphatic carbocycles. The van der Waals surface area contributed by atoms with Crippen molar-refractivity contribution < 1.29 is 0 Å². The van der Waals surface area contributed by atoms with Gasteiger partial charge >= 0.3 is 0 Å². The molecular weight excluding hydrogens is 190 g/mol. The first kappa shape index (κ1) is 8.79. The van der Waals surface area contributed by atoms with Crippen LogP contribution >= 0.6 is 0 Å². The highest BCUT2D eigenvalue weighted by atomic mass is 15.1. The summed E-state index contributed by atoms with van der Waals surface area (Å²) in [5, 5.41) is 3.35. The van der Waals surface area contributed by atoms with E-state index < -0.39 is 0 Å². The molecule has 0 aromatic carbocycles. The Labute approximate surface area is 87.6 Å². The fourth-order valence-corrected chi connectivity index (χ4v) is 2.15. The van der Waals surface area contributed by atoms with E-state index in [0.717, 1.165) is 36.4 Å². The Morgan fingerprint density at radius 1 is 1.40 bits per heavy atom. The van der Waals surface area contributed by atoms with E-state index in [1.54, 1.807) is 12.7 Å². The Morgan fingerprint density at radius 2 is 2.33 bits per heavy atom. The summed E-state index contributed by atoms with van der Waals surface area (Å²) in [6.07, 6.45) is 4.57. The molecule has 1 unspecified atom stereocenters. The zero-order valence-electron chi connectivity index (χ0n) is 8.64. The number of aryl methyl sites for hydroxylation is 1. The van der Waals surface area contributed by atoms with Crippen molar-refractivity contribution in [2.45, 2.75) is 12.3 Å². The third-order valence-electron chi connectivity index (χ3n) is 2.97. The van der Waals surface area contributed by atoms with Crippen LogP contribution in [0, 0.1) is 0 Å². The molecule has 0 amide bonds. The molecule has 3 rings (SSSR count). The third-order valence-corrected chi connectivity index (χ3v) is 2.97. The number of rotatable bonds is 1. The maximum atomic E-state index is 4.38. The molecule has 3 heterocycles. The summed E-state index contributed by atoms with van der Waals surface area (Å²) in [6, 6.07) is 0. The van der Waals surface area contributed by atoms with Crippen molar-refractivity contribution in [2.75, 3.05) is 13.1 Å². The van der Waals surface area contributed by atoms with Crippen LogP contribution in [0.15, 0.2) is 12.7 Å². The fourth-order valence-electron chi connectivity index (χ4n) is 2.15. The first-order chi connectivity index (χ1) is 7.36. The summed E-state index contributed by atoms with van der Waals surface area (Å²) in [5.74, 6) is 0.491. The molecule has 5 nitrogen and oxygen atoms in total. The van der Waals surface area contributed by atoms with Gasteiger partial charge in [-0.1, -0.05) is 0 Å². The minimum absolute atomic E-state index is 0.491. The maximum absolute atomic E-state index is 4.38. The van der Waals surface area contributed by atoms with Gasteiger partial charge in [0, 0.05) is 19.5 Å². The zero-order chi connectivity index (χ0) is 10.3. The summed E-state index contributed by atoms with van der Waals surface area (Å²) in [7, 11) is 1.96. The Hall–Kier alpha value is -1.49. The highest BCUT2D eigenvalue weighted by Gasteiger charge is 2.21. The number of fused-ring (bicyclic) bond motifs is 1. The molecule has 1 fully saturated rings. The van der Waals surface area contributed by atoms with Crippen LogP contribution in [0.25, 0.3) is 11.2 Å². The van der Waals surface area contributed by atoms with Gasteiger partial charge in [-0.25, -0.2) is 15.0 Å². The normalized spacial score (nSPS) is 21.3. The Morgan fingerprint density at radius 3 is 3.13 bits per heavy atom. The summed E-state index contributed by atoms with van der Waals surface area (Å²) in [5.41, 5.74) is 2.96. The maximum Gasteiger partial charge on any atom is 0.163 e. The molecule has 1 atom stereocenters. The topological polar surface area (TPSA) is 55.6 Å². The van der Waals surface area contributed by atoms with Crippen LogP contribution in [0.5, 0.6) is 0 Å². The summed E-state index contributed by atoms with van der Waals surface area (Å²) < 4.78 is 1.93. The van der Waals surface area contributed by atoms with Gasteiger partial charge in [0.05, 0.1) is 12.0 Å². The smallest absolute Gasteiger partial charge is 0.163 e. The van der Waals surface area contributed by atoms with Crippen LogP contribution in [0.1, 0.15) is 18.0 Å². The lowest BCUT2D eigenvalue weighted by molar-refractivity contribution is 0.738. The van der Waals surface area contributed by atoms with Crippen molar-refractivity contribution in [2.24, 2.45) is 7.05 Å². The molecule has 1 N–H and O–H groups in total. The number of hydrogen-bond donors (Lipinski definition) is 1. The average Bonchev–Trinajstić information content (AvgIpc) is 2.88. The van der Waals surface area contributed by atoms with Crippen LogP contribution < -0.4 is 5.32 Å². The molecule has 2 aromatic heterocycles. The van der Waals surface area contributed by atoms with Gasteiger partial charge in [-0.05, 0) is 13.0 Å². The van der Waals surface area contributed by atoms with E-state index >= 15 is 0 Å². The molecule has 5 heteroatoms. The van der Waals surface area contributed by atoms with Crippen molar-refractivity contribution in [3.8, 4) is 0 Å². The monoisotopic (exact) mass is 203 g/mol. The van der Waals surface area contributed by atoms with Crippen molar-refractivity contribution in [3.05, 3.63) is 18.3 Å². The van der Waals surface area contributed by atoms with Crippen LogP contribution in [0.2, 0.25) is 0 Å². The van der Waals surface area contributed by atoms with E-state index in [1.165, 1.54) is 0 Å². The molecular formula is C10H13N5. The summed E-state index contributed by atoms with van der Waals surface area (Å²) in [6.45, 7) is 2.08. The quantitative estimate of drug-likeness (QED) is 0.730. The lowest BCUT2D eigenvalue weighted by atomic mass is 10.0. The molecule has 0 bridgehead atoms. The van der Waals surface area contributed by atoms with Crippen LogP contribution in [-0.2, 0) is 7.05 Å². The molecule has 78 valence electrons. The second-order valence-electron chi connectivity index (χ2n) is 3.98. The number of hydrogen-bond acceptors (Lipinski definition) is 4. The van der Waals surface area contributed by atoms with Gasteiger partial charge in [0.15, 0.2) is 5.65 Å². The number of nitrogens with zero attached hydrogens (tertiary/aromatic N) is 4. The molecule has 0 radical (unpaired) electrons. The minimum atomic E-state index is 0.491. The van der Waals surface area contributed by atoms with E-state index in [2.05, 4.69) is 20.3 Å². The van der Waals surface area contributed by atoms with E-state index in [4.69, 9.17) is 0 Å². The van der Waals surface area contributed by atoms with Gasteiger partial charge in [-0.2, -0.15) is 0 Å². The summed E-state index contributed by atoms with van der Waals surface area (Å²) >= 11 is 0. The van der Waals surface area contributed by atoms with Gasteiger partial charge in [-0.3, -0.25) is 0 Å². The zero-order valence-corrected chi connectivity index (χ0v) is 8.64. The van der Waals surface area contributed by atoms with Crippen LogP contribution in [0.4, 0.5) is 0 Å². The highest BCUT2D eigenvalue weighted by molar-refractivity contribution is 5.73. The van der Waals surface area contributed by atoms with Gasteiger partial charge in [0.25, 0.3) is 0 Å². The van der Waals surface area contributed by atoms with Crippen LogP contribution in [-0.4, -0.2) is 32.6 Å². The Balaban J connectivity index is 2.17. The van der Waals surface area contributed by atoms with Gasteiger partial charge in [0.2, 0.25) is 0 Å². The second-order valence-corrected chi connectivity index (χ2v) is 3.98. The SMILES string of the molecule is Cn1cnc2c(C3CCNC3)ncnc21. The highest BCUT2D eigenvalue weighted by Crippen LogP contribution is 2.25. The third kappa shape index (κ3) is 1.31. The van der Waals surface area contributed by atoms with E-state index in [-0.39, 0.29) is 0 Å². The molecule has 0 saturated carbocycles. The summed E-state index contributed by atoms with van der Waals surface area (Å²) in [4.78, 5) is 13.0. The fraction of sp³-hybridized carbons (Fsp3) is 0.500. The van der Waals surface area contributed by atoms with Crippen LogP contribution in [0.3, 0.4) is 0 Å². The minimum Gasteiger partial charge on any atom is -0.318 e. The van der Waals surface area contributed by atoms with Crippen molar-refractivity contribution in [1.82, 2.24) is 24.8 Å².